The van der Waals surface area contributed by atoms with E-state index in [1.807, 2.05) is 48.5 Å². The Labute approximate surface area is 141 Å². The molecule has 1 aliphatic rings. The molecule has 0 saturated carbocycles. The number of nitriles is 1. The molecule has 6 heteroatoms. The van der Waals surface area contributed by atoms with Crippen LogP contribution in [0, 0.1) is 11.3 Å². The molecule has 5 nitrogen and oxygen atoms in total. The van der Waals surface area contributed by atoms with E-state index in [1.54, 1.807) is 4.57 Å². The molecule has 3 aromatic rings. The van der Waals surface area contributed by atoms with Gasteiger partial charge in [0.05, 0.1) is 22.6 Å². The Kier molecular flexibility index (Phi) is 3.10. The molecule has 4 rings (SSSR count). The van der Waals surface area contributed by atoms with E-state index in [9.17, 15) is 5.26 Å². The predicted octanol–water partition coefficient (Wildman–Crippen LogP) is 3.62. The smallest absolute Gasteiger partial charge is 0.210 e. The molecule has 0 amide bonds. The minimum atomic E-state index is -0.333. The SMILES string of the molecule is N#CC1=C(N)n2c(nc3ccccc32)N[C@H]1c1ccccc1Br. The fourth-order valence-electron chi connectivity index (χ4n) is 2.90. The second-order valence-electron chi connectivity index (χ2n) is 5.27. The number of nitrogens with zero attached hydrogens (tertiary/aromatic N) is 3. The topological polar surface area (TPSA) is 79.7 Å². The summed E-state index contributed by atoms with van der Waals surface area (Å²) in [5, 5.41) is 13.0. The van der Waals surface area contributed by atoms with E-state index in [1.165, 1.54) is 0 Å². The molecule has 0 radical (unpaired) electrons. The van der Waals surface area contributed by atoms with Crippen LogP contribution in [0.1, 0.15) is 11.6 Å². The summed E-state index contributed by atoms with van der Waals surface area (Å²) >= 11 is 3.54. The fraction of sp³-hybridized carbons (Fsp3) is 0.0588. The highest BCUT2D eigenvalue weighted by Crippen LogP contribution is 2.38. The molecule has 2 heterocycles. The van der Waals surface area contributed by atoms with Gasteiger partial charge in [-0.25, -0.2) is 4.98 Å². The number of nitrogens with one attached hydrogen (secondary N) is 1. The molecule has 2 aromatic carbocycles. The van der Waals surface area contributed by atoms with E-state index < -0.39 is 0 Å². The lowest BCUT2D eigenvalue weighted by Gasteiger charge is -2.27. The van der Waals surface area contributed by atoms with Gasteiger partial charge in [0.25, 0.3) is 0 Å². The van der Waals surface area contributed by atoms with Gasteiger partial charge in [0.1, 0.15) is 11.9 Å². The van der Waals surface area contributed by atoms with Crippen molar-refractivity contribution in [3.05, 3.63) is 64.1 Å². The summed E-state index contributed by atoms with van der Waals surface area (Å²) in [5.74, 6) is 1.05. The first-order chi connectivity index (χ1) is 11.2. The second kappa shape index (κ2) is 5.14. The van der Waals surface area contributed by atoms with Gasteiger partial charge in [-0.15, -0.1) is 0 Å². The summed E-state index contributed by atoms with van der Waals surface area (Å²) in [6.45, 7) is 0. The number of anilines is 1. The van der Waals surface area contributed by atoms with Gasteiger partial charge in [0, 0.05) is 4.47 Å². The predicted molar refractivity (Wildman–Crippen MR) is 93.3 cm³/mol. The van der Waals surface area contributed by atoms with Gasteiger partial charge in [-0.05, 0) is 23.8 Å². The second-order valence-corrected chi connectivity index (χ2v) is 6.12. The van der Waals surface area contributed by atoms with Crippen LogP contribution in [0.5, 0.6) is 0 Å². The maximum Gasteiger partial charge on any atom is 0.210 e. The van der Waals surface area contributed by atoms with E-state index in [-0.39, 0.29) is 6.04 Å². The third-order valence-electron chi connectivity index (χ3n) is 3.98. The van der Waals surface area contributed by atoms with Gasteiger partial charge in [0.15, 0.2) is 0 Å². The van der Waals surface area contributed by atoms with E-state index in [0.717, 1.165) is 21.1 Å². The third-order valence-corrected chi connectivity index (χ3v) is 4.70. The molecule has 1 aliphatic heterocycles. The van der Waals surface area contributed by atoms with Crippen LogP contribution >= 0.6 is 15.9 Å². The summed E-state index contributed by atoms with van der Waals surface area (Å²) < 4.78 is 2.71. The van der Waals surface area contributed by atoms with Gasteiger partial charge in [-0.3, -0.25) is 4.57 Å². The van der Waals surface area contributed by atoms with E-state index in [4.69, 9.17) is 5.73 Å². The largest absolute Gasteiger partial charge is 0.384 e. The van der Waals surface area contributed by atoms with Crippen LogP contribution in [-0.4, -0.2) is 9.55 Å². The average Bonchev–Trinajstić information content (AvgIpc) is 2.93. The van der Waals surface area contributed by atoms with Crippen molar-refractivity contribution >= 4 is 38.7 Å². The minimum Gasteiger partial charge on any atom is -0.384 e. The number of para-hydroxylation sites is 2. The molecule has 3 N–H and O–H groups in total. The number of fused-ring (bicyclic) bond motifs is 3. The monoisotopic (exact) mass is 365 g/mol. The van der Waals surface area contributed by atoms with Gasteiger partial charge in [0.2, 0.25) is 5.95 Å². The highest BCUT2D eigenvalue weighted by Gasteiger charge is 2.30. The standard InChI is InChI=1S/C17H12BrN5/c18-12-6-2-1-5-10(12)15-11(9-19)16(20)23-14-8-4-3-7-13(14)21-17(23)22-15/h1-8,15H,20H2,(H,21,22)/t15-/m0/s1. The third kappa shape index (κ3) is 2.01. The number of hydrogen-bond donors (Lipinski definition) is 2. The Morgan fingerprint density at radius 1 is 1.17 bits per heavy atom. The number of halogens is 1. The maximum absolute atomic E-state index is 9.64. The summed E-state index contributed by atoms with van der Waals surface area (Å²) in [6, 6.07) is 17.4. The highest BCUT2D eigenvalue weighted by molar-refractivity contribution is 9.10. The first kappa shape index (κ1) is 13.9. The number of imidazole rings is 1. The quantitative estimate of drug-likeness (QED) is 0.690. The van der Waals surface area contributed by atoms with Crippen molar-refractivity contribution in [3.8, 4) is 6.07 Å². The van der Waals surface area contributed by atoms with Gasteiger partial charge >= 0.3 is 0 Å². The molecule has 23 heavy (non-hydrogen) atoms. The normalized spacial score (nSPS) is 16.8. The Morgan fingerprint density at radius 2 is 1.91 bits per heavy atom. The number of nitrogens with two attached hydrogens (primary N) is 1. The van der Waals surface area contributed by atoms with E-state index in [0.29, 0.717) is 17.3 Å². The molecular formula is C17H12BrN5. The summed E-state index contributed by atoms with van der Waals surface area (Å²) in [6.07, 6.45) is 0. The van der Waals surface area contributed by atoms with Crippen molar-refractivity contribution in [1.29, 1.82) is 5.26 Å². The van der Waals surface area contributed by atoms with Crippen molar-refractivity contribution in [2.75, 3.05) is 5.32 Å². The van der Waals surface area contributed by atoms with Crippen LogP contribution in [0.15, 0.2) is 58.6 Å². The van der Waals surface area contributed by atoms with Crippen LogP contribution in [0.2, 0.25) is 0 Å². The average molecular weight is 366 g/mol. The summed E-state index contributed by atoms with van der Waals surface area (Å²) in [7, 11) is 0. The molecular weight excluding hydrogens is 354 g/mol. The lowest BCUT2D eigenvalue weighted by Crippen LogP contribution is -2.26. The number of aromatic nitrogens is 2. The zero-order valence-corrected chi connectivity index (χ0v) is 13.6. The number of hydrogen-bond acceptors (Lipinski definition) is 4. The lowest BCUT2D eigenvalue weighted by atomic mass is 9.98. The summed E-state index contributed by atoms with van der Waals surface area (Å²) in [4.78, 5) is 4.59. The zero-order valence-electron chi connectivity index (χ0n) is 12.0. The van der Waals surface area contributed by atoms with Crippen LogP contribution in [0.4, 0.5) is 5.95 Å². The Hall–Kier alpha value is -2.78. The number of benzene rings is 2. The van der Waals surface area contributed by atoms with Crippen LogP contribution in [0.25, 0.3) is 16.9 Å². The van der Waals surface area contributed by atoms with Crippen molar-refractivity contribution in [3.63, 3.8) is 0 Å². The zero-order chi connectivity index (χ0) is 16.0. The molecule has 0 unspecified atom stereocenters. The molecule has 112 valence electrons. The molecule has 0 saturated heterocycles. The minimum absolute atomic E-state index is 0.333. The first-order valence-corrected chi connectivity index (χ1v) is 7.88. The Balaban J connectivity index is 1.97. The first-order valence-electron chi connectivity index (χ1n) is 7.09. The molecule has 0 bridgehead atoms. The highest BCUT2D eigenvalue weighted by atomic mass is 79.9. The van der Waals surface area contributed by atoms with E-state index in [2.05, 4.69) is 32.3 Å². The van der Waals surface area contributed by atoms with Crippen molar-refractivity contribution in [1.82, 2.24) is 9.55 Å². The van der Waals surface area contributed by atoms with Crippen molar-refractivity contribution in [2.45, 2.75) is 6.04 Å². The Morgan fingerprint density at radius 3 is 2.70 bits per heavy atom. The Bertz CT molecular complexity index is 996. The van der Waals surface area contributed by atoms with Gasteiger partial charge in [-0.1, -0.05) is 46.3 Å². The molecule has 0 spiro atoms. The molecule has 1 atom stereocenters. The van der Waals surface area contributed by atoms with Crippen LogP contribution in [0.3, 0.4) is 0 Å². The van der Waals surface area contributed by atoms with Gasteiger partial charge < -0.3 is 11.1 Å². The summed E-state index contributed by atoms with van der Waals surface area (Å²) in [5.41, 5.74) is 9.46. The lowest BCUT2D eigenvalue weighted by molar-refractivity contribution is 0.853. The molecule has 1 aromatic heterocycles. The van der Waals surface area contributed by atoms with Gasteiger partial charge in [-0.2, -0.15) is 5.26 Å². The molecule has 0 aliphatic carbocycles. The van der Waals surface area contributed by atoms with Crippen molar-refractivity contribution < 1.29 is 0 Å². The maximum atomic E-state index is 9.64. The van der Waals surface area contributed by atoms with E-state index >= 15 is 0 Å². The molecule has 0 fully saturated rings. The van der Waals surface area contributed by atoms with Crippen LogP contribution in [-0.2, 0) is 0 Å². The fourth-order valence-corrected chi connectivity index (χ4v) is 3.41. The number of rotatable bonds is 1. The van der Waals surface area contributed by atoms with Crippen LogP contribution < -0.4 is 11.1 Å². The van der Waals surface area contributed by atoms with Crippen molar-refractivity contribution in [2.24, 2.45) is 5.73 Å².